The molecule has 4 aromatic rings. The van der Waals surface area contributed by atoms with Crippen molar-refractivity contribution in [3.05, 3.63) is 94.4 Å². The van der Waals surface area contributed by atoms with Gasteiger partial charge in [-0.25, -0.2) is 19.4 Å². The molecule has 13 nitrogen and oxygen atoms in total. The fraction of sp³-hybridized carbons (Fsp3) is 0.325. The lowest BCUT2D eigenvalue weighted by Gasteiger charge is -2.22. The molecule has 1 heterocycles. The summed E-state index contributed by atoms with van der Waals surface area (Å²) in [4.78, 5) is 81.0. The summed E-state index contributed by atoms with van der Waals surface area (Å²) in [7, 11) is 0. The third-order valence-corrected chi connectivity index (χ3v) is 8.07. The SMILES string of the molecule is CC(=O)Cc1ccc(CN(CC(C)=O)C(=O)c2csc3cc(OC(=O)c4ccc(N=C(NC(=O)OC(C)(C)C)NC(=O)OC(C)(C)C)cc4)ccc23)cc1. The van der Waals surface area contributed by atoms with E-state index in [4.69, 9.17) is 14.2 Å². The monoisotopic (exact) mass is 756 g/mol. The predicted molar refractivity (Wildman–Crippen MR) is 205 cm³/mol. The Hall–Kier alpha value is -5.89. The highest BCUT2D eigenvalue weighted by molar-refractivity contribution is 7.17. The second-order valence-electron chi connectivity index (χ2n) is 14.5. The van der Waals surface area contributed by atoms with Crippen molar-refractivity contribution in [3.8, 4) is 5.75 Å². The van der Waals surface area contributed by atoms with Crippen LogP contribution in [0.5, 0.6) is 5.75 Å². The number of benzene rings is 3. The van der Waals surface area contributed by atoms with Gasteiger partial charge in [-0.05, 0) is 109 Å². The third-order valence-electron chi connectivity index (χ3n) is 7.12. The van der Waals surface area contributed by atoms with Gasteiger partial charge in [0.05, 0.1) is 23.4 Å². The van der Waals surface area contributed by atoms with Crippen molar-refractivity contribution < 1.29 is 43.0 Å². The number of carbonyl (C=O) groups is 6. The average molecular weight is 757 g/mol. The Morgan fingerprint density at radius 2 is 1.31 bits per heavy atom. The number of alkyl carbamates (subject to hydrolysis) is 2. The van der Waals surface area contributed by atoms with Crippen LogP contribution in [0.15, 0.2) is 77.1 Å². The molecule has 284 valence electrons. The lowest BCUT2D eigenvalue weighted by Crippen LogP contribution is -2.47. The van der Waals surface area contributed by atoms with Gasteiger partial charge in [-0.15, -0.1) is 11.3 Å². The molecule has 0 aliphatic carbocycles. The molecule has 1 aromatic heterocycles. The third kappa shape index (κ3) is 12.7. The lowest BCUT2D eigenvalue weighted by molar-refractivity contribution is -0.118. The zero-order valence-electron chi connectivity index (χ0n) is 31.5. The van der Waals surface area contributed by atoms with Crippen molar-refractivity contribution in [1.82, 2.24) is 15.5 Å². The van der Waals surface area contributed by atoms with Crippen molar-refractivity contribution in [1.29, 1.82) is 0 Å². The van der Waals surface area contributed by atoms with E-state index < -0.39 is 29.4 Å². The number of fused-ring (bicyclic) bond motifs is 1. The molecule has 0 unspecified atom stereocenters. The first-order chi connectivity index (χ1) is 25.2. The fourth-order valence-electron chi connectivity index (χ4n) is 5.00. The van der Waals surface area contributed by atoms with Crippen molar-refractivity contribution >= 4 is 68.7 Å². The maximum Gasteiger partial charge on any atom is 0.414 e. The molecule has 0 aliphatic rings. The number of rotatable bonds is 10. The molecule has 0 bridgehead atoms. The number of guanidine groups is 1. The van der Waals surface area contributed by atoms with Gasteiger partial charge in [-0.1, -0.05) is 24.3 Å². The number of nitrogens with one attached hydrogen (secondary N) is 2. The van der Waals surface area contributed by atoms with Crippen LogP contribution in [0.3, 0.4) is 0 Å². The van der Waals surface area contributed by atoms with E-state index in [-0.39, 0.29) is 53.5 Å². The van der Waals surface area contributed by atoms with E-state index >= 15 is 0 Å². The highest BCUT2D eigenvalue weighted by Gasteiger charge is 2.23. The molecule has 4 rings (SSSR count). The molecule has 0 aliphatic heterocycles. The first-order valence-corrected chi connectivity index (χ1v) is 17.9. The van der Waals surface area contributed by atoms with Crippen molar-refractivity contribution in [3.63, 3.8) is 0 Å². The zero-order valence-corrected chi connectivity index (χ0v) is 32.3. The number of carbonyl (C=O) groups excluding carboxylic acids is 6. The molecule has 0 saturated carbocycles. The van der Waals surface area contributed by atoms with Crippen LogP contribution >= 0.6 is 11.3 Å². The number of amides is 3. The van der Waals surface area contributed by atoms with Gasteiger partial charge in [0, 0.05) is 28.4 Å². The van der Waals surface area contributed by atoms with Gasteiger partial charge in [0.15, 0.2) is 0 Å². The van der Waals surface area contributed by atoms with Crippen LogP contribution < -0.4 is 15.4 Å². The molecule has 0 atom stereocenters. The van der Waals surface area contributed by atoms with Gasteiger partial charge in [-0.2, -0.15) is 0 Å². The Balaban J connectivity index is 1.47. The summed E-state index contributed by atoms with van der Waals surface area (Å²) in [6.45, 7) is 13.2. The maximum atomic E-state index is 13.7. The van der Waals surface area contributed by atoms with Crippen LogP contribution in [-0.4, -0.2) is 64.2 Å². The Labute approximate surface area is 317 Å². The number of ketones is 2. The summed E-state index contributed by atoms with van der Waals surface area (Å²) >= 11 is 1.30. The Bertz CT molecular complexity index is 2040. The number of aliphatic imine (C=N–C) groups is 1. The first kappa shape index (κ1) is 40.9. The standard InChI is InChI=1S/C40H44N4O9S/c1-24(45)19-26-9-11-27(12-10-26)22-44(21-25(2)46)34(47)32-23-54-33-20-30(17-18-31(32)33)51-35(48)28-13-15-29(16-14-28)41-36(42-37(49)52-39(3,4)5)43-38(50)53-40(6,7)8/h9-18,20,23H,19,21-22H2,1-8H3,(H2,41,42,43,49,50). The van der Waals surface area contributed by atoms with Crippen LogP contribution in [0.2, 0.25) is 0 Å². The van der Waals surface area contributed by atoms with Gasteiger partial charge < -0.3 is 19.1 Å². The molecule has 14 heteroatoms. The van der Waals surface area contributed by atoms with Gasteiger partial charge in [0.25, 0.3) is 5.91 Å². The second-order valence-corrected chi connectivity index (χ2v) is 15.4. The number of hydrogen-bond acceptors (Lipinski definition) is 11. The normalized spacial score (nSPS) is 11.3. The van der Waals surface area contributed by atoms with E-state index in [0.717, 1.165) is 11.1 Å². The van der Waals surface area contributed by atoms with Crippen molar-refractivity contribution in [2.45, 2.75) is 79.6 Å². The lowest BCUT2D eigenvalue weighted by atomic mass is 10.1. The summed E-state index contributed by atoms with van der Waals surface area (Å²) in [5.41, 5.74) is 0.987. The van der Waals surface area contributed by atoms with Crippen LogP contribution in [0.4, 0.5) is 15.3 Å². The molecule has 0 fully saturated rings. The zero-order chi connectivity index (χ0) is 39.8. The molecule has 2 N–H and O–H groups in total. The van der Waals surface area contributed by atoms with E-state index in [1.807, 2.05) is 24.3 Å². The summed E-state index contributed by atoms with van der Waals surface area (Å²) in [5.74, 6) is -1.08. The highest BCUT2D eigenvalue weighted by atomic mass is 32.1. The van der Waals surface area contributed by atoms with Gasteiger partial charge in [-0.3, -0.25) is 25.0 Å². The van der Waals surface area contributed by atoms with Gasteiger partial charge >= 0.3 is 18.2 Å². The minimum atomic E-state index is -0.849. The number of ether oxygens (including phenoxy) is 3. The first-order valence-electron chi connectivity index (χ1n) is 17.0. The molecule has 54 heavy (non-hydrogen) atoms. The minimum Gasteiger partial charge on any atom is -0.444 e. The number of esters is 1. The van der Waals surface area contributed by atoms with E-state index in [1.54, 1.807) is 65.1 Å². The van der Waals surface area contributed by atoms with Crippen molar-refractivity contribution in [2.24, 2.45) is 4.99 Å². The quantitative estimate of drug-likeness (QED) is 0.0719. The molecule has 0 saturated heterocycles. The minimum absolute atomic E-state index is 0.0521. The van der Waals surface area contributed by atoms with Gasteiger partial charge in [0.2, 0.25) is 5.96 Å². The molecular weight excluding hydrogens is 713 g/mol. The highest BCUT2D eigenvalue weighted by Crippen LogP contribution is 2.31. The fourth-order valence-corrected chi connectivity index (χ4v) is 5.96. The average Bonchev–Trinajstić information content (AvgIpc) is 3.46. The molecule has 3 aromatic carbocycles. The van der Waals surface area contributed by atoms with E-state index in [1.165, 1.54) is 54.3 Å². The van der Waals surface area contributed by atoms with E-state index in [2.05, 4.69) is 15.6 Å². The summed E-state index contributed by atoms with van der Waals surface area (Å²) in [6, 6.07) is 18.2. The Kier molecular flexibility index (Phi) is 13.1. The molecular formula is C40H44N4O9S. The predicted octanol–water partition coefficient (Wildman–Crippen LogP) is 7.52. The van der Waals surface area contributed by atoms with Crippen LogP contribution in [0.25, 0.3) is 10.1 Å². The topological polar surface area (TPSA) is 170 Å². The number of thiophene rings is 1. The Morgan fingerprint density at radius 1 is 0.741 bits per heavy atom. The number of Topliss-reactive ketones (excluding diaryl/α,β-unsaturated/α-hetero) is 2. The Morgan fingerprint density at radius 3 is 1.85 bits per heavy atom. The molecule has 0 radical (unpaired) electrons. The second kappa shape index (κ2) is 17.3. The van der Waals surface area contributed by atoms with Gasteiger partial charge in [0.1, 0.15) is 28.5 Å². The number of hydrogen-bond donors (Lipinski definition) is 2. The largest absolute Gasteiger partial charge is 0.444 e. The number of nitrogens with zero attached hydrogens (tertiary/aromatic N) is 2. The maximum absolute atomic E-state index is 13.7. The smallest absolute Gasteiger partial charge is 0.414 e. The van der Waals surface area contributed by atoms with Crippen LogP contribution in [0.1, 0.15) is 87.2 Å². The summed E-state index contributed by atoms with van der Waals surface area (Å²) in [6.07, 6.45) is -1.37. The van der Waals surface area contributed by atoms with Crippen LogP contribution in [-0.2, 0) is 32.0 Å². The van der Waals surface area contributed by atoms with E-state index in [0.29, 0.717) is 22.1 Å². The molecule has 3 amide bonds. The molecule has 0 spiro atoms. The van der Waals surface area contributed by atoms with Crippen molar-refractivity contribution in [2.75, 3.05) is 6.54 Å². The summed E-state index contributed by atoms with van der Waals surface area (Å²) < 4.78 is 16.9. The van der Waals surface area contributed by atoms with Crippen LogP contribution in [0, 0.1) is 0 Å². The summed E-state index contributed by atoms with van der Waals surface area (Å²) in [5, 5.41) is 7.16. The van der Waals surface area contributed by atoms with E-state index in [9.17, 15) is 28.8 Å².